The Morgan fingerprint density at radius 3 is 2.14 bits per heavy atom. The summed E-state index contributed by atoms with van der Waals surface area (Å²) in [6.45, 7) is 2.28. The third kappa shape index (κ3) is 5.63. The SMILES string of the molecule is CCCCCCCCCCCc1c(Br)sc2cc(Br)sc12. The Labute approximate surface area is 153 Å². The monoisotopic (exact) mass is 450 g/mol. The van der Waals surface area contributed by atoms with Crippen molar-refractivity contribution in [2.75, 3.05) is 0 Å². The molecular weight excluding hydrogens is 428 g/mol. The minimum Gasteiger partial charge on any atom is -0.127 e. The van der Waals surface area contributed by atoms with Crippen LogP contribution >= 0.6 is 54.5 Å². The van der Waals surface area contributed by atoms with Crippen molar-refractivity contribution in [2.24, 2.45) is 0 Å². The van der Waals surface area contributed by atoms with Gasteiger partial charge in [0.25, 0.3) is 0 Å². The lowest BCUT2D eigenvalue weighted by atomic mass is 10.1. The van der Waals surface area contributed by atoms with Crippen molar-refractivity contribution in [1.29, 1.82) is 0 Å². The molecule has 0 radical (unpaired) electrons. The van der Waals surface area contributed by atoms with Crippen LogP contribution in [0, 0.1) is 0 Å². The minimum atomic E-state index is 1.23. The molecule has 0 aliphatic carbocycles. The summed E-state index contributed by atoms with van der Waals surface area (Å²) in [5.74, 6) is 0. The van der Waals surface area contributed by atoms with Crippen LogP contribution < -0.4 is 0 Å². The largest absolute Gasteiger partial charge is 0.127 e. The maximum atomic E-state index is 3.74. The summed E-state index contributed by atoms with van der Waals surface area (Å²) in [6.07, 6.45) is 13.8. The molecule has 0 saturated heterocycles. The van der Waals surface area contributed by atoms with Gasteiger partial charge < -0.3 is 0 Å². The van der Waals surface area contributed by atoms with Crippen LogP contribution in [0.3, 0.4) is 0 Å². The molecule has 2 heterocycles. The Morgan fingerprint density at radius 2 is 1.48 bits per heavy atom. The molecular formula is C17H24Br2S2. The van der Waals surface area contributed by atoms with Crippen LogP contribution in [0.25, 0.3) is 9.40 Å². The Hall–Kier alpha value is 0.620. The van der Waals surface area contributed by atoms with E-state index in [1.807, 2.05) is 22.7 Å². The normalized spacial score (nSPS) is 11.6. The highest BCUT2D eigenvalue weighted by Gasteiger charge is 2.12. The van der Waals surface area contributed by atoms with E-state index >= 15 is 0 Å². The topological polar surface area (TPSA) is 0 Å². The predicted octanol–water partition coefficient (Wildman–Crippen LogP) is 8.56. The number of halogens is 2. The highest BCUT2D eigenvalue weighted by molar-refractivity contribution is 9.11. The van der Waals surface area contributed by atoms with Gasteiger partial charge in [-0.1, -0.05) is 58.3 Å². The first-order valence-electron chi connectivity index (χ1n) is 8.08. The Bertz CT molecular complexity index is 542. The summed E-state index contributed by atoms with van der Waals surface area (Å²) in [5, 5.41) is 0. The van der Waals surface area contributed by atoms with Gasteiger partial charge in [0.15, 0.2) is 0 Å². The molecule has 0 amide bonds. The van der Waals surface area contributed by atoms with Crippen molar-refractivity contribution < 1.29 is 0 Å². The summed E-state index contributed by atoms with van der Waals surface area (Å²) in [4.78, 5) is 0. The first kappa shape index (κ1) is 18.0. The van der Waals surface area contributed by atoms with Gasteiger partial charge in [0.1, 0.15) is 0 Å². The van der Waals surface area contributed by atoms with Crippen LogP contribution in [0.15, 0.2) is 13.6 Å². The van der Waals surface area contributed by atoms with Crippen molar-refractivity contribution in [3.05, 3.63) is 19.2 Å². The molecule has 0 atom stereocenters. The lowest BCUT2D eigenvalue weighted by molar-refractivity contribution is 0.565. The maximum absolute atomic E-state index is 3.74. The predicted molar refractivity (Wildman–Crippen MR) is 106 cm³/mol. The first-order valence-corrected chi connectivity index (χ1v) is 11.3. The molecule has 4 heteroatoms. The van der Waals surface area contributed by atoms with Gasteiger partial charge in [-0.2, -0.15) is 0 Å². The number of aryl methyl sites for hydroxylation is 1. The third-order valence-corrected chi connectivity index (χ3v) is 7.67. The van der Waals surface area contributed by atoms with Crippen molar-refractivity contribution in [3.63, 3.8) is 0 Å². The van der Waals surface area contributed by atoms with Gasteiger partial charge in [0, 0.05) is 4.70 Å². The number of hydrogen-bond donors (Lipinski definition) is 0. The molecule has 0 nitrogen and oxygen atoms in total. The molecule has 0 aliphatic heterocycles. The maximum Gasteiger partial charge on any atom is 0.0751 e. The average molecular weight is 452 g/mol. The van der Waals surface area contributed by atoms with Crippen LogP contribution in [-0.2, 0) is 6.42 Å². The molecule has 0 N–H and O–H groups in total. The quantitative estimate of drug-likeness (QED) is 0.317. The fourth-order valence-corrected chi connectivity index (χ4v) is 6.78. The number of thiophene rings is 2. The van der Waals surface area contributed by atoms with Gasteiger partial charge in [-0.05, 0) is 56.3 Å². The van der Waals surface area contributed by atoms with Crippen molar-refractivity contribution in [1.82, 2.24) is 0 Å². The fourth-order valence-electron chi connectivity index (χ4n) is 2.70. The molecule has 0 aliphatic rings. The zero-order valence-electron chi connectivity index (χ0n) is 12.7. The standard InChI is InChI=1S/C17H24Br2S2/c1-2-3-4-5-6-7-8-9-10-11-13-16-14(20-17(13)19)12-15(18)21-16/h12H,2-11H2,1H3. The van der Waals surface area contributed by atoms with E-state index in [-0.39, 0.29) is 0 Å². The van der Waals surface area contributed by atoms with Gasteiger partial charge in [-0.25, -0.2) is 0 Å². The number of fused-ring (bicyclic) bond motifs is 1. The van der Waals surface area contributed by atoms with Gasteiger partial charge >= 0.3 is 0 Å². The minimum absolute atomic E-state index is 1.23. The number of hydrogen-bond acceptors (Lipinski definition) is 2. The van der Waals surface area contributed by atoms with E-state index < -0.39 is 0 Å². The fraction of sp³-hybridized carbons (Fsp3) is 0.647. The van der Waals surface area contributed by atoms with E-state index in [2.05, 4.69) is 44.8 Å². The highest BCUT2D eigenvalue weighted by Crippen LogP contribution is 2.42. The zero-order valence-corrected chi connectivity index (χ0v) is 17.5. The Kier molecular flexibility index (Phi) is 8.29. The Morgan fingerprint density at radius 1 is 0.857 bits per heavy atom. The second-order valence-electron chi connectivity index (χ2n) is 5.68. The van der Waals surface area contributed by atoms with E-state index in [1.165, 1.54) is 86.7 Å². The second kappa shape index (κ2) is 9.69. The highest BCUT2D eigenvalue weighted by atomic mass is 79.9. The third-order valence-electron chi connectivity index (χ3n) is 3.91. The molecule has 0 aromatic carbocycles. The van der Waals surface area contributed by atoms with Crippen LogP contribution in [0.1, 0.15) is 70.3 Å². The summed E-state index contributed by atoms with van der Waals surface area (Å²) < 4.78 is 5.50. The molecule has 2 rings (SSSR count). The molecule has 0 spiro atoms. The zero-order chi connectivity index (χ0) is 15.1. The number of unbranched alkanes of at least 4 members (excludes halogenated alkanes) is 8. The van der Waals surface area contributed by atoms with Crippen molar-refractivity contribution in [2.45, 2.75) is 71.1 Å². The van der Waals surface area contributed by atoms with Crippen LogP contribution in [-0.4, -0.2) is 0 Å². The second-order valence-corrected chi connectivity index (χ2v) is 10.5. The van der Waals surface area contributed by atoms with Crippen LogP contribution in [0.5, 0.6) is 0 Å². The Balaban J connectivity index is 1.65. The van der Waals surface area contributed by atoms with Crippen LogP contribution in [0.2, 0.25) is 0 Å². The van der Waals surface area contributed by atoms with E-state index in [9.17, 15) is 0 Å². The lowest BCUT2D eigenvalue weighted by Gasteiger charge is -2.02. The van der Waals surface area contributed by atoms with E-state index in [0.29, 0.717) is 0 Å². The summed E-state index contributed by atoms with van der Waals surface area (Å²) in [5.41, 5.74) is 1.54. The molecule has 118 valence electrons. The van der Waals surface area contributed by atoms with Crippen molar-refractivity contribution in [3.8, 4) is 0 Å². The van der Waals surface area contributed by atoms with E-state index in [4.69, 9.17) is 0 Å². The molecule has 0 bridgehead atoms. The van der Waals surface area contributed by atoms with Gasteiger partial charge in [0.2, 0.25) is 0 Å². The van der Waals surface area contributed by atoms with E-state index in [1.54, 1.807) is 0 Å². The van der Waals surface area contributed by atoms with Crippen molar-refractivity contribution >= 4 is 63.9 Å². The van der Waals surface area contributed by atoms with Gasteiger partial charge in [-0.3, -0.25) is 0 Å². The summed E-state index contributed by atoms with van der Waals surface area (Å²) >= 11 is 11.1. The molecule has 0 unspecified atom stereocenters. The molecule has 21 heavy (non-hydrogen) atoms. The molecule has 2 aromatic heterocycles. The smallest absolute Gasteiger partial charge is 0.0751 e. The van der Waals surface area contributed by atoms with Gasteiger partial charge in [-0.15, -0.1) is 22.7 Å². The average Bonchev–Trinajstić information content (AvgIpc) is 2.93. The lowest BCUT2D eigenvalue weighted by Crippen LogP contribution is -1.85. The number of rotatable bonds is 10. The van der Waals surface area contributed by atoms with Crippen LogP contribution in [0.4, 0.5) is 0 Å². The molecule has 0 fully saturated rings. The van der Waals surface area contributed by atoms with E-state index in [0.717, 1.165) is 0 Å². The first-order chi connectivity index (χ1) is 10.2. The summed E-state index contributed by atoms with van der Waals surface area (Å²) in [6, 6.07) is 2.25. The molecule has 2 aromatic rings. The van der Waals surface area contributed by atoms with Gasteiger partial charge in [0.05, 0.1) is 12.3 Å². The molecule has 0 saturated carbocycles. The summed E-state index contributed by atoms with van der Waals surface area (Å²) in [7, 11) is 0.